The van der Waals surface area contributed by atoms with E-state index >= 15 is 0 Å². The van der Waals surface area contributed by atoms with E-state index in [0.717, 1.165) is 48.6 Å². The lowest BCUT2D eigenvalue weighted by atomic mass is 10.1. The fourth-order valence-electron chi connectivity index (χ4n) is 5.56. The van der Waals surface area contributed by atoms with Crippen molar-refractivity contribution in [1.29, 1.82) is 5.26 Å². The Morgan fingerprint density at radius 3 is 2.51 bits per heavy atom. The summed E-state index contributed by atoms with van der Waals surface area (Å²) in [5.74, 6) is 3.14. The van der Waals surface area contributed by atoms with Crippen LogP contribution >= 0.6 is 0 Å². The summed E-state index contributed by atoms with van der Waals surface area (Å²) in [6, 6.07) is 20.7. The number of rotatable bonds is 14. The molecule has 10 nitrogen and oxygen atoms in total. The van der Waals surface area contributed by atoms with Gasteiger partial charge in [-0.15, -0.1) is 0 Å². The van der Waals surface area contributed by atoms with E-state index in [4.69, 9.17) is 19.3 Å². The van der Waals surface area contributed by atoms with Gasteiger partial charge in [-0.1, -0.05) is 31.5 Å². The van der Waals surface area contributed by atoms with Crippen molar-refractivity contribution in [2.24, 2.45) is 0 Å². The Morgan fingerprint density at radius 1 is 0.936 bits per heavy atom. The smallest absolute Gasteiger partial charge is 0.257 e. The number of nitriles is 1. The van der Waals surface area contributed by atoms with Gasteiger partial charge in [0, 0.05) is 51.5 Å². The molecule has 47 heavy (non-hydrogen) atoms. The number of aryl methyl sites for hydroxylation is 2. The molecule has 1 amide bonds. The average Bonchev–Trinajstić information content (AvgIpc) is 3.42. The molecule has 10 heteroatoms. The van der Waals surface area contributed by atoms with Crippen molar-refractivity contribution in [3.05, 3.63) is 101 Å². The van der Waals surface area contributed by atoms with Gasteiger partial charge in [0.25, 0.3) is 5.91 Å². The highest BCUT2D eigenvalue weighted by Crippen LogP contribution is 2.30. The third kappa shape index (κ3) is 8.70. The fourth-order valence-corrected chi connectivity index (χ4v) is 5.56. The first-order valence-corrected chi connectivity index (χ1v) is 16.2. The molecule has 5 rings (SSSR count). The SMILES string of the molecule is CCCCOc1cc(C)ccc1C(=O)N1CCN(Cc2cnc(C)n2Cc2ccc(C#N)c(Oc3cccc(OCCO)c3)c2)CC1. The second-order valence-corrected chi connectivity index (χ2v) is 11.7. The normalized spacial score (nSPS) is 13.3. The molecule has 1 N–H and O–H groups in total. The van der Waals surface area contributed by atoms with Gasteiger partial charge in [0.1, 0.15) is 41.5 Å². The number of carbonyl (C=O) groups is 1. The summed E-state index contributed by atoms with van der Waals surface area (Å²) in [5, 5.41) is 18.8. The molecule has 0 radical (unpaired) electrons. The minimum atomic E-state index is -0.0822. The van der Waals surface area contributed by atoms with E-state index in [1.54, 1.807) is 30.3 Å². The summed E-state index contributed by atoms with van der Waals surface area (Å²) in [6.45, 7) is 10.9. The Kier molecular flexibility index (Phi) is 11.5. The van der Waals surface area contributed by atoms with Crippen LogP contribution in [0.25, 0.3) is 0 Å². The van der Waals surface area contributed by atoms with Crippen LogP contribution in [0.4, 0.5) is 0 Å². The maximum absolute atomic E-state index is 13.5. The molecule has 0 atom stereocenters. The van der Waals surface area contributed by atoms with E-state index < -0.39 is 0 Å². The summed E-state index contributed by atoms with van der Waals surface area (Å²) >= 11 is 0. The zero-order valence-corrected chi connectivity index (χ0v) is 27.4. The van der Waals surface area contributed by atoms with Crippen molar-refractivity contribution in [2.45, 2.75) is 46.7 Å². The Hall–Kier alpha value is -4.85. The van der Waals surface area contributed by atoms with Gasteiger partial charge in [0.2, 0.25) is 0 Å². The second-order valence-electron chi connectivity index (χ2n) is 11.7. The molecule has 1 aromatic heterocycles. The number of ether oxygens (including phenoxy) is 3. The summed E-state index contributed by atoms with van der Waals surface area (Å²) in [5.41, 5.74) is 4.18. The highest BCUT2D eigenvalue weighted by Gasteiger charge is 2.25. The fraction of sp³-hybridized carbons (Fsp3) is 0.378. The largest absolute Gasteiger partial charge is 0.493 e. The molecule has 0 spiro atoms. The first-order valence-electron chi connectivity index (χ1n) is 16.2. The molecular formula is C37H43N5O5. The van der Waals surface area contributed by atoms with E-state index in [0.29, 0.717) is 66.9 Å². The van der Waals surface area contributed by atoms with Gasteiger partial charge in [-0.3, -0.25) is 9.69 Å². The van der Waals surface area contributed by atoms with E-state index in [1.165, 1.54) is 0 Å². The minimum Gasteiger partial charge on any atom is -0.493 e. The van der Waals surface area contributed by atoms with E-state index in [-0.39, 0.29) is 19.1 Å². The zero-order chi connectivity index (χ0) is 33.2. The number of hydrogen-bond acceptors (Lipinski definition) is 8. The summed E-state index contributed by atoms with van der Waals surface area (Å²) in [7, 11) is 0. The Labute approximate surface area is 276 Å². The summed E-state index contributed by atoms with van der Waals surface area (Å²) < 4.78 is 19.8. The summed E-state index contributed by atoms with van der Waals surface area (Å²) in [4.78, 5) is 22.4. The van der Waals surface area contributed by atoms with Gasteiger partial charge in [0.05, 0.1) is 30.0 Å². The van der Waals surface area contributed by atoms with Gasteiger partial charge in [0.15, 0.2) is 0 Å². The topological polar surface area (TPSA) is 113 Å². The lowest BCUT2D eigenvalue weighted by Gasteiger charge is -2.35. The van der Waals surface area contributed by atoms with Crippen LogP contribution in [0.15, 0.2) is 66.9 Å². The van der Waals surface area contributed by atoms with E-state index in [1.807, 2.05) is 55.3 Å². The van der Waals surface area contributed by atoms with Crippen molar-refractivity contribution < 1.29 is 24.1 Å². The van der Waals surface area contributed by atoms with Crippen molar-refractivity contribution in [1.82, 2.24) is 19.4 Å². The Balaban J connectivity index is 1.23. The predicted octanol–water partition coefficient (Wildman–Crippen LogP) is 5.72. The number of aromatic nitrogens is 2. The maximum atomic E-state index is 13.5. The monoisotopic (exact) mass is 637 g/mol. The van der Waals surface area contributed by atoms with Crippen LogP contribution in [0.5, 0.6) is 23.0 Å². The Morgan fingerprint density at radius 2 is 1.74 bits per heavy atom. The van der Waals surface area contributed by atoms with Crippen molar-refractivity contribution >= 4 is 5.91 Å². The lowest BCUT2D eigenvalue weighted by Crippen LogP contribution is -2.48. The minimum absolute atomic E-state index is 0.0142. The molecule has 0 saturated carbocycles. The van der Waals surface area contributed by atoms with Gasteiger partial charge in [-0.05, 0) is 67.8 Å². The number of piperazine rings is 1. The van der Waals surface area contributed by atoms with Crippen LogP contribution < -0.4 is 14.2 Å². The highest BCUT2D eigenvalue weighted by molar-refractivity contribution is 5.97. The average molecular weight is 638 g/mol. The molecule has 246 valence electrons. The van der Waals surface area contributed by atoms with E-state index in [2.05, 4.69) is 27.4 Å². The van der Waals surface area contributed by atoms with Crippen molar-refractivity contribution in [2.75, 3.05) is 46.0 Å². The molecule has 0 bridgehead atoms. The molecule has 1 aliphatic heterocycles. The molecule has 4 aromatic rings. The Bertz CT molecular complexity index is 1700. The van der Waals surface area contributed by atoms with Crippen LogP contribution in [0.2, 0.25) is 0 Å². The van der Waals surface area contributed by atoms with Crippen molar-refractivity contribution in [3.8, 4) is 29.1 Å². The van der Waals surface area contributed by atoms with Crippen LogP contribution in [0.1, 0.15) is 58.3 Å². The second kappa shape index (κ2) is 16.1. The first-order chi connectivity index (χ1) is 22.9. The summed E-state index contributed by atoms with van der Waals surface area (Å²) in [6.07, 6.45) is 3.91. The molecule has 2 heterocycles. The number of aliphatic hydroxyl groups excluding tert-OH is 1. The number of unbranched alkanes of at least 4 members (excludes halogenated alkanes) is 1. The van der Waals surface area contributed by atoms with Crippen molar-refractivity contribution in [3.63, 3.8) is 0 Å². The van der Waals surface area contributed by atoms with Crippen LogP contribution in [-0.2, 0) is 13.1 Å². The molecule has 0 aliphatic carbocycles. The van der Waals surface area contributed by atoms with Crippen LogP contribution in [-0.4, -0.2) is 76.4 Å². The quantitative estimate of drug-likeness (QED) is 0.175. The number of benzene rings is 3. The highest BCUT2D eigenvalue weighted by atomic mass is 16.5. The first kappa shape index (κ1) is 33.5. The number of nitrogens with zero attached hydrogens (tertiary/aromatic N) is 5. The van der Waals surface area contributed by atoms with Gasteiger partial charge in [-0.2, -0.15) is 5.26 Å². The number of amides is 1. The molecule has 0 unspecified atom stereocenters. The number of imidazole rings is 1. The molecule has 1 saturated heterocycles. The molecule has 1 fully saturated rings. The van der Waals surface area contributed by atoms with Gasteiger partial charge < -0.3 is 28.8 Å². The van der Waals surface area contributed by atoms with E-state index in [9.17, 15) is 10.1 Å². The maximum Gasteiger partial charge on any atom is 0.257 e. The lowest BCUT2D eigenvalue weighted by molar-refractivity contribution is 0.0621. The van der Waals surface area contributed by atoms with Gasteiger partial charge >= 0.3 is 0 Å². The molecule has 3 aromatic carbocycles. The number of carbonyl (C=O) groups excluding carboxylic acids is 1. The third-order valence-corrected chi connectivity index (χ3v) is 8.21. The number of hydrogen-bond donors (Lipinski definition) is 1. The zero-order valence-electron chi connectivity index (χ0n) is 27.4. The standard InChI is InChI=1S/C37H43N5O5/c1-4-5-18-46-36-20-27(2)9-12-34(36)37(44)41-15-13-40(14-16-41)26-31-24-39-28(3)42(31)25-29-10-11-30(23-38)35(21-29)47-33-8-6-7-32(22-33)45-19-17-43/h6-12,20-22,24,43H,4-5,13-19,25-26H2,1-3H3. The molecule has 1 aliphatic rings. The van der Waals surface area contributed by atoms with Crippen LogP contribution in [0, 0.1) is 25.2 Å². The van der Waals surface area contributed by atoms with Crippen LogP contribution in [0.3, 0.4) is 0 Å². The predicted molar refractivity (Wildman–Crippen MR) is 179 cm³/mol. The third-order valence-electron chi connectivity index (χ3n) is 8.21. The molecular weight excluding hydrogens is 594 g/mol. The number of aliphatic hydroxyl groups is 1. The van der Waals surface area contributed by atoms with Gasteiger partial charge in [-0.25, -0.2) is 4.98 Å².